The summed E-state index contributed by atoms with van der Waals surface area (Å²) in [6.07, 6.45) is 2.10. The van der Waals surface area contributed by atoms with Gasteiger partial charge in [0.1, 0.15) is 11.8 Å². The molecule has 2 rings (SSSR count). The van der Waals surface area contributed by atoms with Gasteiger partial charge in [-0.25, -0.2) is 4.98 Å². The van der Waals surface area contributed by atoms with Crippen molar-refractivity contribution in [3.05, 3.63) is 51.3 Å². The van der Waals surface area contributed by atoms with Crippen molar-refractivity contribution in [2.24, 2.45) is 0 Å². The number of aromatic nitrogens is 2. The molecule has 1 aromatic carbocycles. The van der Waals surface area contributed by atoms with Gasteiger partial charge in [0.05, 0.1) is 12.1 Å². The van der Waals surface area contributed by atoms with Gasteiger partial charge >= 0.3 is 0 Å². The number of aliphatic hydroxyl groups excluding tert-OH is 1. The summed E-state index contributed by atoms with van der Waals surface area (Å²) < 4.78 is 5.78. The second-order valence-corrected chi connectivity index (χ2v) is 4.79. The van der Waals surface area contributed by atoms with Crippen molar-refractivity contribution in [2.75, 3.05) is 7.11 Å². The normalized spacial score (nSPS) is 12.2. The van der Waals surface area contributed by atoms with Gasteiger partial charge in [-0.3, -0.25) is 4.98 Å². The van der Waals surface area contributed by atoms with Gasteiger partial charge < -0.3 is 9.84 Å². The first-order valence-electron chi connectivity index (χ1n) is 5.11. The summed E-state index contributed by atoms with van der Waals surface area (Å²) >= 11 is 9.22. The van der Waals surface area contributed by atoms with E-state index in [4.69, 9.17) is 16.3 Å². The Morgan fingerprint density at radius 1 is 1.33 bits per heavy atom. The van der Waals surface area contributed by atoms with Crippen molar-refractivity contribution in [1.29, 1.82) is 0 Å². The maximum Gasteiger partial charge on any atom is 0.238 e. The number of aliphatic hydroxyl groups is 1. The number of hydrogen-bond donors (Lipinski definition) is 1. The number of ether oxygens (including phenoxy) is 1. The number of nitrogens with zero attached hydrogens (tertiary/aromatic N) is 2. The molecule has 4 nitrogen and oxygen atoms in total. The Balaban J connectivity index is 2.41. The quantitative estimate of drug-likeness (QED) is 0.940. The Morgan fingerprint density at radius 2 is 2.06 bits per heavy atom. The summed E-state index contributed by atoms with van der Waals surface area (Å²) in [6, 6.07) is 5.17. The molecule has 1 heterocycles. The smallest absolute Gasteiger partial charge is 0.238 e. The van der Waals surface area contributed by atoms with E-state index in [1.54, 1.807) is 18.2 Å². The molecule has 2 aromatic rings. The maximum absolute atomic E-state index is 10.3. The molecule has 0 aliphatic heterocycles. The predicted octanol–water partition coefficient (Wildman–Crippen LogP) is 2.98. The molecule has 0 spiro atoms. The van der Waals surface area contributed by atoms with Crippen LogP contribution in [0.15, 0.2) is 35.1 Å². The monoisotopic (exact) mass is 328 g/mol. The Labute approximate surface area is 118 Å². The van der Waals surface area contributed by atoms with E-state index in [1.807, 2.05) is 0 Å². The zero-order valence-electron chi connectivity index (χ0n) is 9.47. The first-order valence-corrected chi connectivity index (χ1v) is 6.28. The zero-order chi connectivity index (χ0) is 13.1. The van der Waals surface area contributed by atoms with Crippen LogP contribution in [0.25, 0.3) is 0 Å². The van der Waals surface area contributed by atoms with Gasteiger partial charge in [-0.1, -0.05) is 17.7 Å². The Kier molecular flexibility index (Phi) is 4.16. The van der Waals surface area contributed by atoms with E-state index in [9.17, 15) is 5.11 Å². The fourth-order valence-corrected chi connectivity index (χ4v) is 2.04. The number of rotatable bonds is 3. The summed E-state index contributed by atoms with van der Waals surface area (Å²) in [4.78, 5) is 8.09. The van der Waals surface area contributed by atoms with Crippen molar-refractivity contribution in [3.63, 3.8) is 0 Å². The third kappa shape index (κ3) is 2.63. The van der Waals surface area contributed by atoms with Gasteiger partial charge in [-0.15, -0.1) is 0 Å². The fourth-order valence-electron chi connectivity index (χ4n) is 1.52. The van der Waals surface area contributed by atoms with E-state index in [0.29, 0.717) is 26.6 Å². The van der Waals surface area contributed by atoms with Gasteiger partial charge in [0.2, 0.25) is 5.88 Å². The summed E-state index contributed by atoms with van der Waals surface area (Å²) in [7, 11) is 1.48. The Morgan fingerprint density at radius 3 is 2.72 bits per heavy atom. The van der Waals surface area contributed by atoms with E-state index in [1.165, 1.54) is 19.5 Å². The standard InChI is InChI=1S/C12H10BrClN2O2/c1-18-12-10(15-4-5-16-12)11(17)7-2-3-9(14)8(13)6-7/h2-6,11,17H,1H3. The van der Waals surface area contributed by atoms with Crippen molar-refractivity contribution in [1.82, 2.24) is 9.97 Å². The lowest BCUT2D eigenvalue weighted by molar-refractivity contribution is 0.207. The highest BCUT2D eigenvalue weighted by atomic mass is 79.9. The van der Waals surface area contributed by atoms with Crippen LogP contribution in [0.3, 0.4) is 0 Å². The molecule has 1 atom stereocenters. The maximum atomic E-state index is 10.3. The molecule has 6 heteroatoms. The molecule has 0 radical (unpaired) electrons. The van der Waals surface area contributed by atoms with Gasteiger partial charge in [-0.2, -0.15) is 0 Å². The van der Waals surface area contributed by atoms with E-state index in [2.05, 4.69) is 25.9 Å². The van der Waals surface area contributed by atoms with Crippen LogP contribution in [-0.4, -0.2) is 22.2 Å². The highest BCUT2D eigenvalue weighted by Gasteiger charge is 2.18. The molecule has 0 aliphatic carbocycles. The minimum absolute atomic E-state index is 0.302. The van der Waals surface area contributed by atoms with Crippen LogP contribution in [0, 0.1) is 0 Å². The van der Waals surface area contributed by atoms with Crippen LogP contribution < -0.4 is 4.74 Å². The Bertz CT molecular complexity index is 566. The van der Waals surface area contributed by atoms with E-state index < -0.39 is 6.10 Å². The molecule has 0 amide bonds. The number of methoxy groups -OCH3 is 1. The summed E-state index contributed by atoms with van der Waals surface area (Å²) in [5.41, 5.74) is 1.03. The average Bonchev–Trinajstić information content (AvgIpc) is 2.41. The largest absolute Gasteiger partial charge is 0.480 e. The zero-order valence-corrected chi connectivity index (χ0v) is 11.8. The van der Waals surface area contributed by atoms with Crippen LogP contribution in [0.2, 0.25) is 5.02 Å². The van der Waals surface area contributed by atoms with Crippen LogP contribution in [-0.2, 0) is 0 Å². The number of hydrogen-bond acceptors (Lipinski definition) is 4. The molecule has 0 saturated carbocycles. The minimum Gasteiger partial charge on any atom is -0.480 e. The first-order chi connectivity index (χ1) is 8.63. The van der Waals surface area contributed by atoms with Crippen LogP contribution in [0.4, 0.5) is 0 Å². The Hall–Kier alpha value is -1.17. The third-order valence-electron chi connectivity index (χ3n) is 2.40. The van der Waals surface area contributed by atoms with Gasteiger partial charge in [0, 0.05) is 16.9 Å². The van der Waals surface area contributed by atoms with Crippen molar-refractivity contribution < 1.29 is 9.84 Å². The third-order valence-corrected chi connectivity index (χ3v) is 3.62. The van der Waals surface area contributed by atoms with E-state index in [0.717, 1.165) is 0 Å². The molecule has 0 aliphatic rings. The first kappa shape index (κ1) is 13.3. The lowest BCUT2D eigenvalue weighted by Crippen LogP contribution is -2.06. The van der Waals surface area contributed by atoms with E-state index in [-0.39, 0.29) is 0 Å². The molecule has 1 aromatic heterocycles. The molecule has 0 saturated heterocycles. The van der Waals surface area contributed by atoms with Crippen LogP contribution in [0.1, 0.15) is 17.4 Å². The highest BCUT2D eigenvalue weighted by Crippen LogP contribution is 2.30. The number of halogens is 2. The second kappa shape index (κ2) is 5.65. The van der Waals surface area contributed by atoms with Crippen LogP contribution >= 0.6 is 27.5 Å². The molecule has 94 valence electrons. The van der Waals surface area contributed by atoms with Crippen molar-refractivity contribution in [2.45, 2.75) is 6.10 Å². The second-order valence-electron chi connectivity index (χ2n) is 3.53. The molecule has 0 bridgehead atoms. The highest BCUT2D eigenvalue weighted by molar-refractivity contribution is 9.10. The molecule has 1 unspecified atom stereocenters. The summed E-state index contributed by atoms with van der Waals surface area (Å²) in [5, 5.41) is 10.9. The summed E-state index contributed by atoms with van der Waals surface area (Å²) in [5.74, 6) is 0.302. The lowest BCUT2D eigenvalue weighted by atomic mass is 10.1. The van der Waals surface area contributed by atoms with Gasteiger partial charge in [-0.05, 0) is 33.6 Å². The molecular weight excluding hydrogens is 320 g/mol. The minimum atomic E-state index is -0.915. The molecule has 0 fully saturated rings. The van der Waals surface area contributed by atoms with Crippen molar-refractivity contribution in [3.8, 4) is 5.88 Å². The van der Waals surface area contributed by atoms with Gasteiger partial charge in [0.15, 0.2) is 0 Å². The number of benzene rings is 1. The average molecular weight is 330 g/mol. The summed E-state index contributed by atoms with van der Waals surface area (Å²) in [6.45, 7) is 0. The molecule has 1 N–H and O–H groups in total. The molecule has 18 heavy (non-hydrogen) atoms. The molecular formula is C12H10BrClN2O2. The predicted molar refractivity (Wildman–Crippen MR) is 71.8 cm³/mol. The topological polar surface area (TPSA) is 55.2 Å². The van der Waals surface area contributed by atoms with Crippen molar-refractivity contribution >= 4 is 27.5 Å². The lowest BCUT2D eigenvalue weighted by Gasteiger charge is -2.13. The van der Waals surface area contributed by atoms with E-state index >= 15 is 0 Å². The fraction of sp³-hybridized carbons (Fsp3) is 0.167. The van der Waals surface area contributed by atoms with Crippen LogP contribution in [0.5, 0.6) is 5.88 Å². The SMILES string of the molecule is COc1nccnc1C(O)c1ccc(Cl)c(Br)c1. The van der Waals surface area contributed by atoms with Gasteiger partial charge in [0.25, 0.3) is 0 Å².